The second kappa shape index (κ2) is 7.31. The lowest BCUT2D eigenvalue weighted by atomic mass is 9.98. The van der Waals surface area contributed by atoms with Crippen LogP contribution in [-0.4, -0.2) is 31.3 Å². The Balaban J connectivity index is 1.59. The van der Waals surface area contributed by atoms with E-state index in [1.54, 1.807) is 19.2 Å². The number of aromatic nitrogens is 1. The molecule has 1 aliphatic rings. The highest BCUT2D eigenvalue weighted by Gasteiger charge is 2.20. The summed E-state index contributed by atoms with van der Waals surface area (Å²) in [5.74, 6) is 0.519. The molecule has 6 nitrogen and oxygen atoms in total. The molecule has 1 unspecified atom stereocenters. The molecule has 1 atom stereocenters. The van der Waals surface area contributed by atoms with E-state index in [2.05, 4.69) is 27.8 Å². The topological polar surface area (TPSA) is 72.5 Å². The predicted molar refractivity (Wildman–Crippen MR) is 91.4 cm³/mol. The zero-order valence-corrected chi connectivity index (χ0v) is 13.8. The zero-order chi connectivity index (χ0) is 16.9. The number of methoxy groups -OCH3 is 1. The van der Waals surface area contributed by atoms with Crippen LogP contribution in [0.25, 0.3) is 0 Å². The summed E-state index contributed by atoms with van der Waals surface area (Å²) in [5, 5.41) is 5.66. The molecule has 2 heterocycles. The van der Waals surface area contributed by atoms with E-state index < -0.39 is 0 Å². The van der Waals surface area contributed by atoms with Crippen molar-refractivity contribution in [2.45, 2.75) is 19.4 Å². The van der Waals surface area contributed by atoms with E-state index in [0.717, 1.165) is 12.0 Å². The lowest BCUT2D eigenvalue weighted by Gasteiger charge is -2.26. The van der Waals surface area contributed by atoms with Gasteiger partial charge < -0.3 is 20.1 Å². The summed E-state index contributed by atoms with van der Waals surface area (Å²) in [6.07, 6.45) is 0.797. The van der Waals surface area contributed by atoms with Gasteiger partial charge in [0, 0.05) is 12.6 Å². The summed E-state index contributed by atoms with van der Waals surface area (Å²) < 4.78 is 10.8. The van der Waals surface area contributed by atoms with Crippen molar-refractivity contribution < 1.29 is 14.3 Å². The molecular formula is C18H21N3O3. The fourth-order valence-electron chi connectivity index (χ4n) is 2.78. The fraction of sp³-hybridized carbons (Fsp3) is 0.333. The Labute approximate surface area is 141 Å². The Morgan fingerprint density at radius 2 is 2.17 bits per heavy atom. The number of nitrogens with one attached hydrogen (secondary N) is 2. The average Bonchev–Trinajstić information content (AvgIpc) is 2.61. The molecule has 0 fully saturated rings. The predicted octanol–water partition coefficient (Wildman–Crippen LogP) is 2.83. The standard InChI is InChI=1S/C18H21N3O3/c1-12-15(7-8-17(20-12)23-2)21-18(22)19-11-16-14-6-4-3-5-13(14)9-10-24-16/h3-8,16H,9-11H2,1-2H3,(H2,19,21,22). The minimum Gasteiger partial charge on any atom is -0.481 e. The summed E-state index contributed by atoms with van der Waals surface area (Å²) in [6.45, 7) is 2.91. The summed E-state index contributed by atoms with van der Waals surface area (Å²) in [6, 6.07) is 11.4. The molecule has 6 heteroatoms. The van der Waals surface area contributed by atoms with Gasteiger partial charge in [-0.25, -0.2) is 9.78 Å². The molecule has 0 saturated heterocycles. The van der Waals surface area contributed by atoms with E-state index >= 15 is 0 Å². The van der Waals surface area contributed by atoms with Crippen LogP contribution in [0.15, 0.2) is 36.4 Å². The smallest absolute Gasteiger partial charge is 0.319 e. The normalized spacial score (nSPS) is 16.2. The third-order valence-electron chi connectivity index (χ3n) is 4.06. The molecule has 1 aliphatic heterocycles. The van der Waals surface area contributed by atoms with E-state index in [1.807, 2.05) is 19.1 Å². The van der Waals surface area contributed by atoms with Crippen molar-refractivity contribution in [3.8, 4) is 5.88 Å². The van der Waals surface area contributed by atoms with Gasteiger partial charge in [-0.3, -0.25) is 0 Å². The van der Waals surface area contributed by atoms with Gasteiger partial charge in [-0.1, -0.05) is 24.3 Å². The van der Waals surface area contributed by atoms with Gasteiger partial charge in [0.2, 0.25) is 5.88 Å². The highest BCUT2D eigenvalue weighted by molar-refractivity contribution is 5.89. The number of rotatable bonds is 4. The zero-order valence-electron chi connectivity index (χ0n) is 13.8. The van der Waals surface area contributed by atoms with Crippen molar-refractivity contribution in [1.82, 2.24) is 10.3 Å². The number of pyridine rings is 1. The number of ether oxygens (including phenoxy) is 2. The van der Waals surface area contributed by atoms with Gasteiger partial charge >= 0.3 is 6.03 Å². The first-order valence-electron chi connectivity index (χ1n) is 7.93. The lowest BCUT2D eigenvalue weighted by molar-refractivity contribution is 0.0444. The van der Waals surface area contributed by atoms with Gasteiger partial charge in [0.15, 0.2) is 0 Å². The second-order valence-corrected chi connectivity index (χ2v) is 5.63. The van der Waals surface area contributed by atoms with Crippen molar-refractivity contribution in [2.24, 2.45) is 0 Å². The first kappa shape index (κ1) is 16.3. The van der Waals surface area contributed by atoms with Gasteiger partial charge in [0.05, 0.1) is 25.1 Å². The minimum atomic E-state index is -0.281. The van der Waals surface area contributed by atoms with Crippen molar-refractivity contribution in [1.29, 1.82) is 0 Å². The maximum Gasteiger partial charge on any atom is 0.319 e. The SMILES string of the molecule is COc1ccc(NC(=O)NCC2OCCc3ccccc32)c(C)n1. The second-order valence-electron chi connectivity index (χ2n) is 5.63. The first-order chi connectivity index (χ1) is 11.7. The van der Waals surface area contributed by atoms with Gasteiger partial charge in [-0.05, 0) is 30.5 Å². The number of carbonyl (C=O) groups excluding carboxylic acids is 1. The van der Waals surface area contributed by atoms with E-state index in [9.17, 15) is 4.79 Å². The third-order valence-corrected chi connectivity index (χ3v) is 4.06. The van der Waals surface area contributed by atoms with E-state index in [0.29, 0.717) is 30.4 Å². The van der Waals surface area contributed by atoms with Crippen molar-refractivity contribution >= 4 is 11.7 Å². The number of carbonyl (C=O) groups is 1. The van der Waals surface area contributed by atoms with Crippen LogP contribution in [0.1, 0.15) is 22.9 Å². The van der Waals surface area contributed by atoms with Crippen LogP contribution < -0.4 is 15.4 Å². The first-order valence-corrected chi connectivity index (χ1v) is 7.93. The molecule has 2 amide bonds. The number of benzene rings is 1. The van der Waals surface area contributed by atoms with Gasteiger partial charge in [-0.15, -0.1) is 0 Å². The summed E-state index contributed by atoms with van der Waals surface area (Å²) in [5.41, 5.74) is 3.78. The van der Waals surface area contributed by atoms with E-state index in [1.165, 1.54) is 5.56 Å². The van der Waals surface area contributed by atoms with Crippen LogP contribution in [0.5, 0.6) is 5.88 Å². The highest BCUT2D eigenvalue weighted by atomic mass is 16.5. The number of fused-ring (bicyclic) bond motifs is 1. The van der Waals surface area contributed by atoms with Crippen LogP contribution in [0, 0.1) is 6.92 Å². The van der Waals surface area contributed by atoms with Crippen LogP contribution in [0.4, 0.5) is 10.5 Å². The Hall–Kier alpha value is -2.60. The number of hydrogen-bond acceptors (Lipinski definition) is 4. The Morgan fingerprint density at radius 1 is 1.33 bits per heavy atom. The highest BCUT2D eigenvalue weighted by Crippen LogP contribution is 2.26. The molecule has 1 aromatic carbocycles. The van der Waals surface area contributed by atoms with Crippen LogP contribution in [0.3, 0.4) is 0 Å². The summed E-state index contributed by atoms with van der Waals surface area (Å²) >= 11 is 0. The van der Waals surface area contributed by atoms with Gasteiger partial charge in [0.1, 0.15) is 6.10 Å². The maximum absolute atomic E-state index is 12.1. The molecule has 0 bridgehead atoms. The number of anilines is 1. The van der Waals surface area contributed by atoms with Crippen molar-refractivity contribution in [3.05, 3.63) is 53.2 Å². The monoisotopic (exact) mass is 327 g/mol. The third kappa shape index (κ3) is 3.65. The minimum absolute atomic E-state index is 0.115. The van der Waals surface area contributed by atoms with Crippen molar-refractivity contribution in [3.63, 3.8) is 0 Å². The fourth-order valence-corrected chi connectivity index (χ4v) is 2.78. The average molecular weight is 327 g/mol. The van der Waals surface area contributed by atoms with Crippen LogP contribution in [0.2, 0.25) is 0 Å². The Kier molecular flexibility index (Phi) is 4.96. The molecule has 0 saturated carbocycles. The molecule has 2 aromatic rings. The number of urea groups is 1. The molecule has 126 valence electrons. The molecule has 1 aromatic heterocycles. The lowest BCUT2D eigenvalue weighted by Crippen LogP contribution is -2.34. The molecule has 0 radical (unpaired) electrons. The maximum atomic E-state index is 12.1. The number of amides is 2. The van der Waals surface area contributed by atoms with Crippen molar-refractivity contribution in [2.75, 3.05) is 25.6 Å². The number of aryl methyl sites for hydroxylation is 1. The largest absolute Gasteiger partial charge is 0.481 e. The Bertz CT molecular complexity index is 733. The quantitative estimate of drug-likeness (QED) is 0.906. The summed E-state index contributed by atoms with van der Waals surface area (Å²) in [4.78, 5) is 16.4. The molecular weight excluding hydrogens is 306 g/mol. The molecule has 24 heavy (non-hydrogen) atoms. The molecule has 3 rings (SSSR count). The molecule has 0 aliphatic carbocycles. The molecule has 2 N–H and O–H groups in total. The number of nitrogens with zero attached hydrogens (tertiary/aromatic N) is 1. The van der Waals surface area contributed by atoms with Crippen LogP contribution in [-0.2, 0) is 11.2 Å². The molecule has 0 spiro atoms. The van der Waals surface area contributed by atoms with E-state index in [4.69, 9.17) is 9.47 Å². The Morgan fingerprint density at radius 3 is 2.96 bits per heavy atom. The van der Waals surface area contributed by atoms with E-state index in [-0.39, 0.29) is 12.1 Å². The van der Waals surface area contributed by atoms with Crippen LogP contribution >= 0.6 is 0 Å². The van der Waals surface area contributed by atoms with Gasteiger partial charge in [0.25, 0.3) is 0 Å². The number of hydrogen-bond donors (Lipinski definition) is 2. The summed E-state index contributed by atoms with van der Waals surface area (Å²) in [7, 11) is 1.56. The van der Waals surface area contributed by atoms with Gasteiger partial charge in [-0.2, -0.15) is 0 Å².